The van der Waals surface area contributed by atoms with E-state index in [0.29, 0.717) is 11.5 Å². The molecule has 3 nitrogen and oxygen atoms in total. The zero-order valence-electron chi connectivity index (χ0n) is 12.9. The van der Waals surface area contributed by atoms with Crippen LogP contribution in [0.2, 0.25) is 0 Å². The summed E-state index contributed by atoms with van der Waals surface area (Å²) in [7, 11) is 0. The molecule has 3 heteroatoms. The van der Waals surface area contributed by atoms with Gasteiger partial charge in [0.2, 0.25) is 0 Å². The van der Waals surface area contributed by atoms with Crippen LogP contribution < -0.4 is 0 Å². The molecule has 3 aromatic rings. The summed E-state index contributed by atoms with van der Waals surface area (Å²) in [5.41, 5.74) is 4.76. The first kappa shape index (κ1) is 13.9. The predicted molar refractivity (Wildman–Crippen MR) is 90.9 cm³/mol. The van der Waals surface area contributed by atoms with Gasteiger partial charge in [0, 0.05) is 10.9 Å². The number of rotatable bonds is 3. The third kappa shape index (κ3) is 2.38. The van der Waals surface area contributed by atoms with Crippen LogP contribution in [0.1, 0.15) is 40.2 Å². The molecule has 1 aliphatic rings. The number of hydrogen-bond acceptors (Lipinski definition) is 2. The molecule has 0 unspecified atom stereocenters. The number of nitrogens with zero attached hydrogens (tertiary/aromatic N) is 1. The van der Waals surface area contributed by atoms with Crippen molar-refractivity contribution in [1.82, 2.24) is 4.98 Å². The van der Waals surface area contributed by atoms with Crippen molar-refractivity contribution in [2.45, 2.75) is 25.7 Å². The highest BCUT2D eigenvalue weighted by Gasteiger charge is 2.25. The highest BCUT2D eigenvalue weighted by molar-refractivity contribution is 6.05. The monoisotopic (exact) mass is 303 g/mol. The molecule has 1 saturated carbocycles. The molecule has 0 atom stereocenters. The van der Waals surface area contributed by atoms with E-state index in [2.05, 4.69) is 6.07 Å². The topological polar surface area (TPSA) is 50.2 Å². The quantitative estimate of drug-likeness (QED) is 0.757. The van der Waals surface area contributed by atoms with Crippen LogP contribution in [0.3, 0.4) is 0 Å². The highest BCUT2D eigenvalue weighted by atomic mass is 16.4. The second kappa shape index (κ2) is 5.20. The molecule has 114 valence electrons. The molecule has 1 aromatic heterocycles. The number of aromatic nitrogens is 1. The Morgan fingerprint density at radius 3 is 2.52 bits per heavy atom. The lowest BCUT2D eigenvalue weighted by atomic mass is 9.96. The summed E-state index contributed by atoms with van der Waals surface area (Å²) in [4.78, 5) is 16.6. The Kier molecular flexibility index (Phi) is 3.15. The molecule has 1 aliphatic carbocycles. The fourth-order valence-corrected chi connectivity index (χ4v) is 3.20. The first-order valence-corrected chi connectivity index (χ1v) is 7.88. The highest BCUT2D eigenvalue weighted by Crippen LogP contribution is 2.41. The molecule has 0 radical (unpaired) electrons. The second-order valence-corrected chi connectivity index (χ2v) is 6.18. The Balaban J connectivity index is 2.02. The number of carboxylic acids is 1. The number of carboxylic acid groups (broad SMARTS) is 1. The van der Waals surface area contributed by atoms with Crippen LogP contribution in [-0.2, 0) is 0 Å². The van der Waals surface area contributed by atoms with Crippen LogP contribution in [0.15, 0.2) is 48.5 Å². The van der Waals surface area contributed by atoms with Gasteiger partial charge in [-0.2, -0.15) is 0 Å². The average Bonchev–Trinajstić information content (AvgIpc) is 3.39. The Morgan fingerprint density at radius 2 is 1.87 bits per heavy atom. The van der Waals surface area contributed by atoms with Crippen molar-refractivity contribution >= 4 is 16.9 Å². The summed E-state index contributed by atoms with van der Waals surface area (Å²) >= 11 is 0. The lowest BCUT2D eigenvalue weighted by Crippen LogP contribution is -2.05. The fourth-order valence-electron chi connectivity index (χ4n) is 3.20. The lowest BCUT2D eigenvalue weighted by molar-refractivity contribution is 0.0698. The smallest absolute Gasteiger partial charge is 0.336 e. The molecule has 2 aromatic carbocycles. The normalized spacial score (nSPS) is 14.1. The molecule has 0 spiro atoms. The Labute approximate surface area is 134 Å². The van der Waals surface area contributed by atoms with Crippen molar-refractivity contribution < 1.29 is 9.90 Å². The van der Waals surface area contributed by atoms with Crippen LogP contribution in [0, 0.1) is 6.92 Å². The summed E-state index contributed by atoms with van der Waals surface area (Å²) < 4.78 is 0. The molecule has 0 bridgehead atoms. The summed E-state index contributed by atoms with van der Waals surface area (Å²) in [5.74, 6) is -0.296. The third-order valence-corrected chi connectivity index (χ3v) is 4.56. The number of hydrogen-bond donors (Lipinski definition) is 1. The van der Waals surface area contributed by atoms with Gasteiger partial charge in [0.15, 0.2) is 0 Å². The van der Waals surface area contributed by atoms with Crippen molar-refractivity contribution in [3.8, 4) is 11.3 Å². The van der Waals surface area contributed by atoms with Crippen LogP contribution >= 0.6 is 0 Å². The zero-order valence-corrected chi connectivity index (χ0v) is 12.9. The Morgan fingerprint density at radius 1 is 1.13 bits per heavy atom. The van der Waals surface area contributed by atoms with E-state index in [1.165, 1.54) is 18.4 Å². The lowest BCUT2D eigenvalue weighted by Gasteiger charge is -2.13. The number of pyridine rings is 1. The molecule has 0 amide bonds. The largest absolute Gasteiger partial charge is 0.478 e. The number of fused-ring (bicyclic) bond motifs is 1. The first-order valence-electron chi connectivity index (χ1n) is 7.88. The van der Waals surface area contributed by atoms with Crippen molar-refractivity contribution in [3.63, 3.8) is 0 Å². The van der Waals surface area contributed by atoms with E-state index in [-0.39, 0.29) is 0 Å². The predicted octanol–water partition coefficient (Wildman–Crippen LogP) is 4.79. The minimum atomic E-state index is -0.889. The SMILES string of the molecule is Cc1c(-c2ccccc2)nc2ccc(C3CC3)cc2c1C(=O)O. The molecule has 1 heterocycles. The average molecular weight is 303 g/mol. The molecular weight excluding hydrogens is 286 g/mol. The Hall–Kier alpha value is -2.68. The maximum Gasteiger partial charge on any atom is 0.336 e. The van der Waals surface area contributed by atoms with Crippen molar-refractivity contribution in [3.05, 3.63) is 65.2 Å². The van der Waals surface area contributed by atoms with Gasteiger partial charge < -0.3 is 5.11 Å². The van der Waals surface area contributed by atoms with Gasteiger partial charge >= 0.3 is 5.97 Å². The summed E-state index contributed by atoms with van der Waals surface area (Å²) in [6.45, 7) is 1.85. The number of aromatic carboxylic acids is 1. The second-order valence-electron chi connectivity index (χ2n) is 6.18. The maximum absolute atomic E-state index is 11.9. The van der Waals surface area contributed by atoms with E-state index >= 15 is 0 Å². The van der Waals surface area contributed by atoms with Gasteiger partial charge in [-0.15, -0.1) is 0 Å². The minimum Gasteiger partial charge on any atom is -0.478 e. The van der Waals surface area contributed by atoms with E-state index in [1.807, 2.05) is 49.4 Å². The standard InChI is InChI=1S/C20H17NO2/c1-12-18(20(22)23)16-11-15(13-7-8-13)9-10-17(16)21-19(12)14-5-3-2-4-6-14/h2-6,9-11,13H,7-8H2,1H3,(H,22,23). The summed E-state index contributed by atoms with van der Waals surface area (Å²) in [6.07, 6.45) is 2.39. The molecule has 0 aliphatic heterocycles. The first-order chi connectivity index (χ1) is 11.1. The molecule has 1 fully saturated rings. The Bertz CT molecular complexity index is 912. The van der Waals surface area contributed by atoms with Gasteiger partial charge in [-0.25, -0.2) is 9.78 Å². The fraction of sp³-hybridized carbons (Fsp3) is 0.200. The van der Waals surface area contributed by atoms with E-state index in [4.69, 9.17) is 4.98 Å². The summed E-state index contributed by atoms with van der Waals surface area (Å²) in [6, 6.07) is 15.8. The van der Waals surface area contributed by atoms with Crippen LogP contribution in [-0.4, -0.2) is 16.1 Å². The van der Waals surface area contributed by atoms with Crippen molar-refractivity contribution in [2.24, 2.45) is 0 Å². The van der Waals surface area contributed by atoms with Crippen molar-refractivity contribution in [2.75, 3.05) is 0 Å². The third-order valence-electron chi connectivity index (χ3n) is 4.56. The van der Waals surface area contributed by atoms with Gasteiger partial charge in [-0.1, -0.05) is 36.4 Å². The minimum absolute atomic E-state index is 0.372. The van der Waals surface area contributed by atoms with Crippen LogP contribution in [0.5, 0.6) is 0 Å². The molecule has 1 N–H and O–H groups in total. The zero-order chi connectivity index (χ0) is 16.0. The van der Waals surface area contributed by atoms with Crippen molar-refractivity contribution in [1.29, 1.82) is 0 Å². The van der Waals surface area contributed by atoms with E-state index in [9.17, 15) is 9.90 Å². The van der Waals surface area contributed by atoms with Gasteiger partial charge in [0.05, 0.1) is 16.8 Å². The van der Waals surface area contributed by atoms with E-state index in [1.54, 1.807) is 0 Å². The molecule has 0 saturated heterocycles. The molecular formula is C20H17NO2. The van der Waals surface area contributed by atoms with Gasteiger partial charge in [0.25, 0.3) is 0 Å². The number of benzene rings is 2. The van der Waals surface area contributed by atoms with E-state index in [0.717, 1.165) is 27.7 Å². The van der Waals surface area contributed by atoms with Gasteiger partial charge in [0.1, 0.15) is 0 Å². The van der Waals surface area contributed by atoms with Gasteiger partial charge in [-0.05, 0) is 48.9 Å². The molecule has 23 heavy (non-hydrogen) atoms. The maximum atomic E-state index is 11.9. The summed E-state index contributed by atoms with van der Waals surface area (Å²) in [5, 5.41) is 10.5. The number of carbonyl (C=O) groups is 1. The van der Waals surface area contributed by atoms with E-state index < -0.39 is 5.97 Å². The van der Waals surface area contributed by atoms with Crippen LogP contribution in [0.25, 0.3) is 22.2 Å². The van der Waals surface area contributed by atoms with Crippen LogP contribution in [0.4, 0.5) is 0 Å². The van der Waals surface area contributed by atoms with Gasteiger partial charge in [-0.3, -0.25) is 0 Å². The molecule has 4 rings (SSSR count).